The van der Waals surface area contributed by atoms with E-state index in [1.165, 1.54) is 0 Å². The summed E-state index contributed by atoms with van der Waals surface area (Å²) in [6.07, 6.45) is 1.62. The largest absolute Gasteiger partial charge is 0.358 e. The summed E-state index contributed by atoms with van der Waals surface area (Å²) in [5.41, 5.74) is 4.28. The molecule has 0 saturated carbocycles. The molecule has 3 aromatic rings. The van der Waals surface area contributed by atoms with Gasteiger partial charge in [-0.05, 0) is 55.7 Å². The maximum atomic E-state index is 12.5. The van der Waals surface area contributed by atoms with Crippen molar-refractivity contribution in [1.29, 1.82) is 0 Å². The normalized spacial score (nSPS) is 17.6. The van der Waals surface area contributed by atoms with E-state index in [-0.39, 0.29) is 11.0 Å². The van der Waals surface area contributed by atoms with Crippen molar-refractivity contribution < 1.29 is 12.6 Å². The van der Waals surface area contributed by atoms with Gasteiger partial charge in [0.05, 0.1) is 11.0 Å². The molecule has 6 heteroatoms. The van der Waals surface area contributed by atoms with Crippen LogP contribution in [0, 0.1) is 6.92 Å². The molecule has 0 fully saturated rings. The van der Waals surface area contributed by atoms with Crippen molar-refractivity contribution in [1.82, 2.24) is 4.98 Å². The Bertz CT molecular complexity index is 1040. The molecule has 1 atom stereocenters. The van der Waals surface area contributed by atoms with Gasteiger partial charge in [0.2, 0.25) is 0 Å². The molecule has 1 N–H and O–H groups in total. The zero-order valence-corrected chi connectivity index (χ0v) is 15.3. The summed E-state index contributed by atoms with van der Waals surface area (Å²) in [6.45, 7) is 1.92. The van der Waals surface area contributed by atoms with E-state index in [1.54, 1.807) is 24.3 Å². The number of aromatic amines is 1. The molecule has 0 bridgehead atoms. The molecule has 2 aromatic carbocycles. The molecule has 0 aliphatic heterocycles. The first-order chi connectivity index (χ1) is 11.9. The molecule has 4 nitrogen and oxygen atoms in total. The van der Waals surface area contributed by atoms with Crippen LogP contribution in [0.25, 0.3) is 10.9 Å². The molecule has 0 saturated heterocycles. The van der Waals surface area contributed by atoms with E-state index in [4.69, 9.17) is 15.8 Å². The lowest BCUT2D eigenvalue weighted by atomic mass is 9.93. The Morgan fingerprint density at radius 2 is 1.92 bits per heavy atom. The summed E-state index contributed by atoms with van der Waals surface area (Å²) in [7, 11) is -3.76. The standard InChI is InChI=1S/C19H18ClNO3S/c1-12-2-6-15(7-3-12)25(22,23)24-14-5-9-19-17(11-14)16-10-13(20)4-8-18(16)21-19/h2-4,6-8,10,14,21H,5,9,11H2,1H3. The summed E-state index contributed by atoms with van der Waals surface area (Å²) < 4.78 is 30.6. The third-order valence-corrected chi connectivity index (χ3v) is 6.29. The third kappa shape index (κ3) is 3.19. The lowest BCUT2D eigenvalue weighted by Gasteiger charge is -2.22. The van der Waals surface area contributed by atoms with Crippen LogP contribution in [-0.2, 0) is 27.1 Å². The van der Waals surface area contributed by atoms with E-state index >= 15 is 0 Å². The van der Waals surface area contributed by atoms with Crippen LogP contribution in [0.1, 0.15) is 23.2 Å². The predicted molar refractivity (Wildman–Crippen MR) is 98.6 cm³/mol. The van der Waals surface area contributed by atoms with E-state index in [2.05, 4.69) is 4.98 Å². The van der Waals surface area contributed by atoms with Gasteiger partial charge in [-0.2, -0.15) is 8.42 Å². The second-order valence-electron chi connectivity index (χ2n) is 6.50. The Morgan fingerprint density at radius 3 is 2.68 bits per heavy atom. The topological polar surface area (TPSA) is 59.2 Å². The third-order valence-electron chi connectivity index (χ3n) is 4.68. The van der Waals surface area contributed by atoms with Gasteiger partial charge in [-0.1, -0.05) is 29.3 Å². The van der Waals surface area contributed by atoms with E-state index in [0.717, 1.165) is 34.1 Å². The van der Waals surface area contributed by atoms with Crippen LogP contribution in [0.5, 0.6) is 0 Å². The highest BCUT2D eigenvalue weighted by Gasteiger charge is 2.28. The van der Waals surface area contributed by atoms with Gasteiger partial charge in [0.15, 0.2) is 0 Å². The molecule has 0 radical (unpaired) electrons. The van der Waals surface area contributed by atoms with E-state index < -0.39 is 10.1 Å². The van der Waals surface area contributed by atoms with Gasteiger partial charge in [0.1, 0.15) is 0 Å². The Kier molecular flexibility index (Phi) is 4.10. The zero-order chi connectivity index (χ0) is 17.6. The first-order valence-electron chi connectivity index (χ1n) is 8.21. The molecule has 1 heterocycles. The average molecular weight is 376 g/mol. The van der Waals surface area contributed by atoms with Crippen LogP contribution in [0.3, 0.4) is 0 Å². The number of aryl methyl sites for hydroxylation is 2. The number of hydrogen-bond donors (Lipinski definition) is 1. The van der Waals surface area contributed by atoms with E-state index in [9.17, 15) is 8.42 Å². The maximum Gasteiger partial charge on any atom is 0.297 e. The monoisotopic (exact) mass is 375 g/mol. The molecule has 25 heavy (non-hydrogen) atoms. The summed E-state index contributed by atoms with van der Waals surface area (Å²) in [5, 5.41) is 1.72. The number of benzene rings is 2. The number of nitrogens with one attached hydrogen (secondary N) is 1. The number of hydrogen-bond acceptors (Lipinski definition) is 3. The number of fused-ring (bicyclic) bond motifs is 3. The molecule has 1 unspecified atom stereocenters. The molecule has 0 spiro atoms. The van der Waals surface area contributed by atoms with Gasteiger partial charge in [0.25, 0.3) is 10.1 Å². The van der Waals surface area contributed by atoms with Crippen molar-refractivity contribution in [3.63, 3.8) is 0 Å². The summed E-state index contributed by atoms with van der Waals surface area (Å²) in [4.78, 5) is 3.60. The number of aromatic nitrogens is 1. The maximum absolute atomic E-state index is 12.5. The van der Waals surface area contributed by atoms with Crippen LogP contribution in [0.2, 0.25) is 5.02 Å². The number of halogens is 1. The van der Waals surface area contributed by atoms with Crippen LogP contribution in [-0.4, -0.2) is 19.5 Å². The second-order valence-corrected chi connectivity index (χ2v) is 8.51. The first kappa shape index (κ1) is 16.6. The second kappa shape index (κ2) is 6.16. The molecule has 0 amide bonds. The van der Waals surface area contributed by atoms with Crippen LogP contribution < -0.4 is 0 Å². The summed E-state index contributed by atoms with van der Waals surface area (Å²) >= 11 is 6.11. The van der Waals surface area contributed by atoms with Crippen molar-refractivity contribution in [3.05, 3.63) is 64.3 Å². The van der Waals surface area contributed by atoms with Crippen molar-refractivity contribution in [2.45, 2.75) is 37.2 Å². The number of rotatable bonds is 3. The Hall–Kier alpha value is -1.82. The highest BCUT2D eigenvalue weighted by atomic mass is 35.5. The molecule has 1 aliphatic carbocycles. The van der Waals surface area contributed by atoms with Crippen LogP contribution >= 0.6 is 11.6 Å². The van der Waals surface area contributed by atoms with Crippen molar-refractivity contribution >= 4 is 32.6 Å². The van der Waals surface area contributed by atoms with Crippen LogP contribution in [0.4, 0.5) is 0 Å². The Balaban J connectivity index is 1.61. The zero-order valence-electron chi connectivity index (χ0n) is 13.8. The number of H-pyrrole nitrogens is 1. The van der Waals surface area contributed by atoms with Crippen molar-refractivity contribution in [3.8, 4) is 0 Å². The van der Waals surface area contributed by atoms with Gasteiger partial charge in [-0.25, -0.2) is 0 Å². The summed E-state index contributed by atoms with van der Waals surface area (Å²) in [5.74, 6) is 0. The van der Waals surface area contributed by atoms with Gasteiger partial charge in [-0.15, -0.1) is 0 Å². The van der Waals surface area contributed by atoms with E-state index in [0.29, 0.717) is 17.9 Å². The predicted octanol–water partition coefficient (Wildman–Crippen LogP) is 4.39. The molecular weight excluding hydrogens is 358 g/mol. The summed E-state index contributed by atoms with van der Waals surface area (Å²) in [6, 6.07) is 12.4. The highest BCUT2D eigenvalue weighted by molar-refractivity contribution is 7.86. The first-order valence-corrected chi connectivity index (χ1v) is 10.00. The van der Waals surface area contributed by atoms with E-state index in [1.807, 2.05) is 25.1 Å². The Labute approximate surface area is 151 Å². The van der Waals surface area contributed by atoms with Gasteiger partial charge in [0, 0.05) is 28.0 Å². The molecule has 1 aromatic heterocycles. The van der Waals surface area contributed by atoms with Crippen molar-refractivity contribution in [2.75, 3.05) is 0 Å². The fourth-order valence-electron chi connectivity index (χ4n) is 3.38. The fourth-order valence-corrected chi connectivity index (χ4v) is 4.65. The SMILES string of the molecule is Cc1ccc(S(=O)(=O)OC2CCc3[nH]c4ccc(Cl)cc4c3C2)cc1. The minimum Gasteiger partial charge on any atom is -0.358 e. The average Bonchev–Trinajstić information content (AvgIpc) is 2.92. The molecule has 4 rings (SSSR count). The Morgan fingerprint density at radius 1 is 1.16 bits per heavy atom. The molecular formula is C19H18ClNO3S. The minimum absolute atomic E-state index is 0.200. The van der Waals surface area contributed by atoms with Gasteiger partial charge < -0.3 is 4.98 Å². The molecule has 1 aliphatic rings. The molecule has 130 valence electrons. The fraction of sp³-hybridized carbons (Fsp3) is 0.263. The van der Waals surface area contributed by atoms with Crippen LogP contribution in [0.15, 0.2) is 47.4 Å². The lowest BCUT2D eigenvalue weighted by Crippen LogP contribution is -2.25. The van der Waals surface area contributed by atoms with Crippen molar-refractivity contribution in [2.24, 2.45) is 0 Å². The lowest BCUT2D eigenvalue weighted by molar-refractivity contribution is 0.192. The highest BCUT2D eigenvalue weighted by Crippen LogP contribution is 2.33. The van der Waals surface area contributed by atoms with Gasteiger partial charge in [-0.3, -0.25) is 4.18 Å². The smallest absolute Gasteiger partial charge is 0.297 e. The van der Waals surface area contributed by atoms with Gasteiger partial charge >= 0.3 is 0 Å². The quantitative estimate of drug-likeness (QED) is 0.690. The minimum atomic E-state index is -3.76.